The fourth-order valence-corrected chi connectivity index (χ4v) is 4.96. The van der Waals surface area contributed by atoms with Crippen LogP contribution in [0.2, 0.25) is 6.04 Å². The van der Waals surface area contributed by atoms with Gasteiger partial charge in [-0.25, -0.2) is 4.79 Å². The lowest BCUT2D eigenvalue weighted by molar-refractivity contribution is 0.205. The molecule has 0 aromatic rings. The Hall–Kier alpha value is -0.336. The third kappa shape index (κ3) is 10.6. The van der Waals surface area contributed by atoms with Crippen molar-refractivity contribution in [2.45, 2.75) is 12.5 Å². The van der Waals surface area contributed by atoms with Crippen molar-refractivity contribution < 1.29 is 14.3 Å². The Morgan fingerprint density at radius 3 is 2.40 bits per heavy atom. The molecule has 0 atom stereocenters. The molecule has 1 heterocycles. The monoisotopic (exact) mass is 179 g/mol. The molecule has 0 aliphatic carbocycles. The van der Waals surface area contributed by atoms with E-state index in [1.165, 1.54) is 6.42 Å². The van der Waals surface area contributed by atoms with Crippen LogP contribution in [0.5, 0.6) is 0 Å². The second-order valence-corrected chi connectivity index (χ2v) is 7.59. The number of primary amides is 1. The van der Waals surface area contributed by atoms with E-state index in [0.717, 1.165) is 6.61 Å². The SMILES string of the molecule is C1CO[SiH2][SiH2]C1.NC(=O)O. The summed E-state index contributed by atoms with van der Waals surface area (Å²) < 4.78 is 5.27. The third-order valence-electron chi connectivity index (χ3n) is 1.08. The number of nitrogens with two attached hydrogens (primary N) is 1. The molecule has 1 amide bonds. The smallest absolute Gasteiger partial charge is 0.402 e. The number of rotatable bonds is 0. The average Bonchev–Trinajstić information content (AvgIpc) is 1.90. The summed E-state index contributed by atoms with van der Waals surface area (Å²) >= 11 is 0. The highest BCUT2D eigenvalue weighted by Gasteiger charge is 1.96. The van der Waals surface area contributed by atoms with Crippen molar-refractivity contribution in [2.75, 3.05) is 6.61 Å². The largest absolute Gasteiger partial charge is 0.465 e. The Kier molecular flexibility index (Phi) is 6.55. The summed E-state index contributed by atoms with van der Waals surface area (Å²) in [5.41, 5.74) is 4.03. The lowest BCUT2D eigenvalue weighted by Gasteiger charge is -2.07. The standard InChI is InChI=1S/C3H10OSi2.CH3NO2/c1-2-4-6-5-3-1;2-1(3)4/h1-3,5-6H2;2H2,(H,3,4). The highest BCUT2D eigenvalue weighted by atomic mass is 29.2. The molecule has 3 N–H and O–H groups in total. The van der Waals surface area contributed by atoms with Gasteiger partial charge in [0, 0.05) is 15.6 Å². The maximum Gasteiger partial charge on any atom is 0.402 e. The molecule has 10 heavy (non-hydrogen) atoms. The topological polar surface area (TPSA) is 72.5 Å². The van der Waals surface area contributed by atoms with Gasteiger partial charge in [-0.2, -0.15) is 0 Å². The van der Waals surface area contributed by atoms with Gasteiger partial charge in [0.2, 0.25) is 0 Å². The predicted molar refractivity (Wildman–Crippen MR) is 44.7 cm³/mol. The van der Waals surface area contributed by atoms with E-state index in [2.05, 4.69) is 5.73 Å². The Morgan fingerprint density at radius 2 is 2.30 bits per heavy atom. The number of carbonyl (C=O) groups is 1. The summed E-state index contributed by atoms with van der Waals surface area (Å²) in [6.07, 6.45) is 0.0409. The number of hydrogen-bond donors (Lipinski definition) is 2. The van der Waals surface area contributed by atoms with Crippen molar-refractivity contribution in [1.82, 2.24) is 0 Å². The van der Waals surface area contributed by atoms with Crippen LogP contribution in [0.1, 0.15) is 6.42 Å². The minimum Gasteiger partial charge on any atom is -0.465 e. The third-order valence-corrected chi connectivity index (χ3v) is 6.18. The average molecular weight is 179 g/mol. The van der Waals surface area contributed by atoms with Gasteiger partial charge in [0.25, 0.3) is 0 Å². The number of amides is 1. The predicted octanol–water partition coefficient (Wildman–Crippen LogP) is -1.38. The quantitative estimate of drug-likeness (QED) is 0.450. The fraction of sp³-hybridized carbons (Fsp3) is 0.750. The molecule has 0 unspecified atom stereocenters. The zero-order valence-corrected chi connectivity index (χ0v) is 8.71. The van der Waals surface area contributed by atoms with Crippen LogP contribution in [0, 0.1) is 0 Å². The van der Waals surface area contributed by atoms with Crippen molar-refractivity contribution in [3.05, 3.63) is 0 Å². The van der Waals surface area contributed by atoms with Crippen LogP contribution in [0.3, 0.4) is 0 Å². The van der Waals surface area contributed by atoms with Crippen LogP contribution in [0.15, 0.2) is 0 Å². The summed E-state index contributed by atoms with van der Waals surface area (Å²) in [4.78, 5) is 8.78. The molecule has 0 aromatic carbocycles. The normalized spacial score (nSPS) is 21.6. The molecule has 0 radical (unpaired) electrons. The molecule has 1 rings (SSSR count). The lowest BCUT2D eigenvalue weighted by Crippen LogP contribution is -2.15. The zero-order chi connectivity index (χ0) is 7.82. The summed E-state index contributed by atoms with van der Waals surface area (Å²) in [6, 6.07) is 1.58. The Labute approximate surface area is 64.3 Å². The summed E-state index contributed by atoms with van der Waals surface area (Å²) in [6.45, 7) is 1.10. The molecule has 0 saturated carbocycles. The Bertz CT molecular complexity index is 81.0. The van der Waals surface area contributed by atoms with E-state index in [1.807, 2.05) is 0 Å². The number of hydrogen-bond acceptors (Lipinski definition) is 2. The van der Waals surface area contributed by atoms with E-state index in [4.69, 9.17) is 14.3 Å². The zero-order valence-electron chi connectivity index (χ0n) is 5.88. The maximum absolute atomic E-state index is 8.78. The van der Waals surface area contributed by atoms with Crippen molar-refractivity contribution >= 4 is 24.4 Å². The molecule has 1 aliphatic heterocycles. The minimum absolute atomic E-state index is 0.147. The van der Waals surface area contributed by atoms with Gasteiger partial charge >= 0.3 is 6.09 Å². The molecule has 60 valence electrons. The highest BCUT2D eigenvalue weighted by Crippen LogP contribution is 1.93. The Balaban J connectivity index is 0.000000180. The first kappa shape index (κ1) is 9.66. The van der Waals surface area contributed by atoms with Gasteiger partial charge in [-0.3, -0.25) is 0 Å². The Morgan fingerprint density at radius 1 is 1.70 bits per heavy atom. The van der Waals surface area contributed by atoms with Gasteiger partial charge in [0.05, 0.1) is 0 Å². The second-order valence-electron chi connectivity index (χ2n) is 2.01. The van der Waals surface area contributed by atoms with E-state index in [-0.39, 0.29) is 9.28 Å². The van der Waals surface area contributed by atoms with Gasteiger partial charge in [0.15, 0.2) is 0 Å². The van der Waals surface area contributed by atoms with Crippen LogP contribution < -0.4 is 5.73 Å². The first-order chi connectivity index (χ1) is 4.73. The van der Waals surface area contributed by atoms with Crippen LogP contribution >= 0.6 is 0 Å². The van der Waals surface area contributed by atoms with E-state index < -0.39 is 6.09 Å². The van der Waals surface area contributed by atoms with E-state index >= 15 is 0 Å². The van der Waals surface area contributed by atoms with Gasteiger partial charge in [-0.15, -0.1) is 0 Å². The molecular formula is C4H13NO3Si2. The molecule has 0 spiro atoms. The van der Waals surface area contributed by atoms with E-state index in [9.17, 15) is 0 Å². The second kappa shape index (κ2) is 6.78. The van der Waals surface area contributed by atoms with Crippen molar-refractivity contribution in [3.63, 3.8) is 0 Å². The molecule has 0 bridgehead atoms. The minimum atomic E-state index is -1.33. The van der Waals surface area contributed by atoms with Crippen LogP contribution in [-0.2, 0) is 4.43 Å². The van der Waals surface area contributed by atoms with Gasteiger partial charge in [0.1, 0.15) is 9.28 Å². The van der Waals surface area contributed by atoms with Crippen molar-refractivity contribution in [2.24, 2.45) is 5.73 Å². The van der Waals surface area contributed by atoms with E-state index in [1.54, 1.807) is 6.04 Å². The van der Waals surface area contributed by atoms with Crippen molar-refractivity contribution in [3.8, 4) is 0 Å². The highest BCUT2D eigenvalue weighted by molar-refractivity contribution is 6.97. The first-order valence-corrected chi connectivity index (χ1v) is 8.87. The molecule has 1 fully saturated rings. The van der Waals surface area contributed by atoms with Crippen LogP contribution in [-0.4, -0.2) is 36.1 Å². The first-order valence-electron chi connectivity index (χ1n) is 3.29. The summed E-state index contributed by atoms with van der Waals surface area (Å²) in [5.74, 6) is 0. The van der Waals surface area contributed by atoms with Crippen LogP contribution in [0.25, 0.3) is 0 Å². The van der Waals surface area contributed by atoms with Crippen LogP contribution in [0.4, 0.5) is 4.79 Å². The fourth-order valence-electron chi connectivity index (χ4n) is 0.687. The molecule has 4 nitrogen and oxygen atoms in total. The number of carboxylic acid groups (broad SMARTS) is 1. The molecule has 6 heteroatoms. The maximum atomic E-state index is 8.78. The molecule has 0 aromatic heterocycles. The summed E-state index contributed by atoms with van der Waals surface area (Å²) in [5, 5.41) is 7.19. The van der Waals surface area contributed by atoms with Gasteiger partial charge in [-0.05, 0) is 6.42 Å². The van der Waals surface area contributed by atoms with Crippen molar-refractivity contribution in [1.29, 1.82) is 0 Å². The molecule has 1 aliphatic rings. The van der Waals surface area contributed by atoms with Gasteiger partial charge in [-0.1, -0.05) is 6.04 Å². The molecule has 1 saturated heterocycles. The van der Waals surface area contributed by atoms with Gasteiger partial charge < -0.3 is 15.3 Å². The molecular weight excluding hydrogens is 166 g/mol. The van der Waals surface area contributed by atoms with E-state index in [0.29, 0.717) is 9.04 Å². The summed E-state index contributed by atoms with van der Waals surface area (Å²) in [7, 11) is 0.573. The lowest BCUT2D eigenvalue weighted by atomic mass is 10.5.